The molecule has 2 N–H and O–H groups in total. The van der Waals surface area contributed by atoms with Crippen LogP contribution in [0.4, 0.5) is 0 Å². The minimum atomic E-state index is 0. The van der Waals surface area contributed by atoms with Crippen molar-refractivity contribution in [2.24, 2.45) is 17.6 Å². The van der Waals surface area contributed by atoms with Crippen molar-refractivity contribution in [1.29, 1.82) is 0 Å². The van der Waals surface area contributed by atoms with Gasteiger partial charge in [-0.25, -0.2) is 0 Å². The third-order valence-electron chi connectivity index (χ3n) is 3.15. The summed E-state index contributed by atoms with van der Waals surface area (Å²) in [5.74, 6) is 1.81. The zero-order valence-electron chi connectivity index (χ0n) is 6.25. The molecule has 60 valence electrons. The van der Waals surface area contributed by atoms with Crippen LogP contribution < -0.4 is 5.73 Å². The highest BCUT2D eigenvalue weighted by Crippen LogP contribution is 2.40. The van der Waals surface area contributed by atoms with Crippen LogP contribution in [0.15, 0.2) is 0 Å². The van der Waals surface area contributed by atoms with Gasteiger partial charge in [-0.1, -0.05) is 6.42 Å². The Balaban J connectivity index is 0.000000500. The van der Waals surface area contributed by atoms with Crippen molar-refractivity contribution in [1.82, 2.24) is 0 Å². The molecule has 0 spiro atoms. The molecule has 2 fully saturated rings. The van der Waals surface area contributed by atoms with Crippen molar-refractivity contribution in [2.75, 3.05) is 0 Å². The largest absolute Gasteiger partial charge is 0.327 e. The molecular formula is C8H16ClN. The summed E-state index contributed by atoms with van der Waals surface area (Å²) in [5.41, 5.74) is 5.98. The van der Waals surface area contributed by atoms with Gasteiger partial charge in [-0.3, -0.25) is 0 Å². The molecule has 0 aromatic rings. The first-order chi connectivity index (χ1) is 4.38. The maximum atomic E-state index is 5.98. The minimum absolute atomic E-state index is 0. The van der Waals surface area contributed by atoms with Gasteiger partial charge in [0.2, 0.25) is 0 Å². The second-order valence-electron chi connectivity index (χ2n) is 3.61. The van der Waals surface area contributed by atoms with Gasteiger partial charge in [0.15, 0.2) is 0 Å². The number of hydrogen-bond acceptors (Lipinski definition) is 1. The Kier molecular flexibility index (Phi) is 2.59. The molecule has 0 aromatic heterocycles. The first-order valence-electron chi connectivity index (χ1n) is 4.13. The fourth-order valence-electron chi connectivity index (χ4n) is 2.51. The molecule has 10 heavy (non-hydrogen) atoms. The lowest BCUT2D eigenvalue weighted by Crippen LogP contribution is -2.34. The molecule has 0 saturated heterocycles. The van der Waals surface area contributed by atoms with E-state index in [1.54, 1.807) is 0 Å². The van der Waals surface area contributed by atoms with Crippen molar-refractivity contribution in [3.63, 3.8) is 0 Å². The Morgan fingerprint density at radius 3 is 1.80 bits per heavy atom. The third kappa shape index (κ3) is 1.17. The zero-order valence-corrected chi connectivity index (χ0v) is 7.07. The van der Waals surface area contributed by atoms with Gasteiger partial charge in [0.25, 0.3) is 0 Å². The summed E-state index contributed by atoms with van der Waals surface area (Å²) < 4.78 is 0. The monoisotopic (exact) mass is 161 g/mol. The van der Waals surface area contributed by atoms with Crippen molar-refractivity contribution < 1.29 is 0 Å². The lowest BCUT2D eigenvalue weighted by atomic mass is 9.85. The van der Waals surface area contributed by atoms with Gasteiger partial charge in [0.1, 0.15) is 0 Å². The molecule has 1 nitrogen and oxygen atoms in total. The fraction of sp³-hybridized carbons (Fsp3) is 1.00. The predicted molar refractivity (Wildman–Crippen MR) is 45.3 cm³/mol. The molecule has 2 atom stereocenters. The van der Waals surface area contributed by atoms with E-state index in [4.69, 9.17) is 5.73 Å². The fourth-order valence-corrected chi connectivity index (χ4v) is 2.51. The van der Waals surface area contributed by atoms with Crippen LogP contribution in [0.3, 0.4) is 0 Å². The van der Waals surface area contributed by atoms with Crippen LogP contribution >= 0.6 is 12.4 Å². The minimum Gasteiger partial charge on any atom is -0.327 e. The highest BCUT2D eigenvalue weighted by molar-refractivity contribution is 5.85. The predicted octanol–water partition coefficient (Wildman–Crippen LogP) is 1.95. The Labute approximate surface area is 68.8 Å². The van der Waals surface area contributed by atoms with E-state index in [-0.39, 0.29) is 12.4 Å². The van der Waals surface area contributed by atoms with Crippen LogP contribution in [0, 0.1) is 11.8 Å². The molecule has 2 bridgehead atoms. The number of rotatable bonds is 0. The average Bonchev–Trinajstić information content (AvgIpc) is 2.19. The smallest absolute Gasteiger partial charge is 0.00956 e. The molecule has 2 saturated carbocycles. The SMILES string of the molecule is Cl.NC1C2CCCC1CC2. The lowest BCUT2D eigenvalue weighted by Gasteiger charge is -2.25. The van der Waals surface area contributed by atoms with Gasteiger partial charge in [-0.2, -0.15) is 0 Å². The molecule has 2 heteroatoms. The van der Waals surface area contributed by atoms with E-state index in [0.717, 1.165) is 11.8 Å². The van der Waals surface area contributed by atoms with Crippen molar-refractivity contribution in [3.05, 3.63) is 0 Å². The number of halogens is 1. The van der Waals surface area contributed by atoms with Crippen molar-refractivity contribution in [2.45, 2.75) is 38.1 Å². The number of hydrogen-bond donors (Lipinski definition) is 1. The van der Waals surface area contributed by atoms with Gasteiger partial charge in [-0.05, 0) is 37.5 Å². The van der Waals surface area contributed by atoms with E-state index < -0.39 is 0 Å². The second-order valence-corrected chi connectivity index (χ2v) is 3.61. The van der Waals surface area contributed by atoms with E-state index in [2.05, 4.69) is 0 Å². The van der Waals surface area contributed by atoms with E-state index >= 15 is 0 Å². The number of nitrogens with two attached hydrogens (primary N) is 1. The normalized spacial score (nSPS) is 44.7. The molecule has 2 aliphatic carbocycles. The Morgan fingerprint density at radius 1 is 0.900 bits per heavy atom. The molecule has 0 aromatic carbocycles. The first-order valence-corrected chi connectivity index (χ1v) is 4.13. The van der Waals surface area contributed by atoms with E-state index in [1.807, 2.05) is 0 Å². The Bertz CT molecular complexity index is 99.8. The summed E-state index contributed by atoms with van der Waals surface area (Å²) in [5, 5.41) is 0. The van der Waals surface area contributed by atoms with Crippen LogP contribution in [0.5, 0.6) is 0 Å². The van der Waals surface area contributed by atoms with Crippen LogP contribution in [-0.2, 0) is 0 Å². The van der Waals surface area contributed by atoms with E-state index in [1.165, 1.54) is 32.1 Å². The Morgan fingerprint density at radius 2 is 1.40 bits per heavy atom. The second kappa shape index (κ2) is 3.10. The van der Waals surface area contributed by atoms with Crippen LogP contribution in [0.2, 0.25) is 0 Å². The molecule has 0 amide bonds. The van der Waals surface area contributed by atoms with Crippen molar-refractivity contribution in [3.8, 4) is 0 Å². The van der Waals surface area contributed by atoms with Gasteiger partial charge in [-0.15, -0.1) is 12.4 Å². The third-order valence-corrected chi connectivity index (χ3v) is 3.15. The number of fused-ring (bicyclic) bond motifs is 2. The summed E-state index contributed by atoms with van der Waals surface area (Å²) in [6.07, 6.45) is 7.12. The average molecular weight is 162 g/mol. The van der Waals surface area contributed by atoms with E-state index in [0.29, 0.717) is 6.04 Å². The van der Waals surface area contributed by atoms with E-state index in [9.17, 15) is 0 Å². The Hall–Kier alpha value is 0.250. The molecule has 2 unspecified atom stereocenters. The molecule has 2 rings (SSSR count). The molecular weight excluding hydrogens is 146 g/mol. The molecule has 0 radical (unpaired) electrons. The summed E-state index contributed by atoms with van der Waals surface area (Å²) in [6.45, 7) is 0. The van der Waals surface area contributed by atoms with Gasteiger partial charge >= 0.3 is 0 Å². The van der Waals surface area contributed by atoms with Crippen molar-refractivity contribution >= 4 is 12.4 Å². The van der Waals surface area contributed by atoms with Crippen LogP contribution in [0.1, 0.15) is 32.1 Å². The summed E-state index contributed by atoms with van der Waals surface area (Å²) >= 11 is 0. The standard InChI is InChI=1S/C8H15N.ClH/c9-8-6-2-1-3-7(8)5-4-6;/h6-8H,1-5,9H2;1H. The zero-order chi connectivity index (χ0) is 6.27. The maximum absolute atomic E-state index is 5.98. The first kappa shape index (κ1) is 8.35. The van der Waals surface area contributed by atoms with Gasteiger partial charge < -0.3 is 5.73 Å². The summed E-state index contributed by atoms with van der Waals surface area (Å²) in [7, 11) is 0. The van der Waals surface area contributed by atoms with Gasteiger partial charge in [0.05, 0.1) is 0 Å². The van der Waals surface area contributed by atoms with Crippen LogP contribution in [0.25, 0.3) is 0 Å². The lowest BCUT2D eigenvalue weighted by molar-refractivity contribution is 0.304. The quantitative estimate of drug-likeness (QED) is 0.578. The summed E-state index contributed by atoms with van der Waals surface area (Å²) in [4.78, 5) is 0. The topological polar surface area (TPSA) is 26.0 Å². The highest BCUT2D eigenvalue weighted by atomic mass is 35.5. The van der Waals surface area contributed by atoms with Crippen LogP contribution in [-0.4, -0.2) is 6.04 Å². The molecule has 2 aliphatic rings. The highest BCUT2D eigenvalue weighted by Gasteiger charge is 2.35. The molecule has 0 heterocycles. The summed E-state index contributed by atoms with van der Waals surface area (Å²) in [6, 6.07) is 0.582. The maximum Gasteiger partial charge on any atom is 0.00956 e. The van der Waals surface area contributed by atoms with Gasteiger partial charge in [0, 0.05) is 6.04 Å². The molecule has 0 aliphatic heterocycles.